The summed E-state index contributed by atoms with van der Waals surface area (Å²) in [6.07, 6.45) is 1.43. The first-order valence-corrected chi connectivity index (χ1v) is 8.72. The number of esters is 1. The molecule has 0 aliphatic heterocycles. The molecule has 0 aliphatic rings. The molecule has 25 heavy (non-hydrogen) atoms. The van der Waals surface area contributed by atoms with Gasteiger partial charge in [-0.05, 0) is 19.4 Å². The van der Waals surface area contributed by atoms with Crippen LogP contribution in [0.4, 0.5) is 0 Å². The van der Waals surface area contributed by atoms with Crippen molar-refractivity contribution in [3.63, 3.8) is 0 Å². The zero-order chi connectivity index (χ0) is 18.1. The molecular weight excluding hydrogens is 344 g/mol. The summed E-state index contributed by atoms with van der Waals surface area (Å²) >= 11 is 1.16. The third-order valence-electron chi connectivity index (χ3n) is 3.66. The van der Waals surface area contributed by atoms with Gasteiger partial charge in [-0.15, -0.1) is 21.5 Å². The van der Waals surface area contributed by atoms with E-state index in [-0.39, 0.29) is 24.6 Å². The van der Waals surface area contributed by atoms with Crippen LogP contribution in [-0.2, 0) is 11.3 Å². The molecule has 3 aromatic heterocycles. The highest BCUT2D eigenvalue weighted by Crippen LogP contribution is 2.27. The van der Waals surface area contributed by atoms with Gasteiger partial charge in [0, 0.05) is 5.92 Å². The van der Waals surface area contributed by atoms with Crippen LogP contribution in [-0.4, -0.2) is 32.3 Å². The number of aryl methyl sites for hydroxylation is 1. The summed E-state index contributed by atoms with van der Waals surface area (Å²) in [4.78, 5) is 30.0. The van der Waals surface area contributed by atoms with Gasteiger partial charge >= 0.3 is 5.97 Å². The van der Waals surface area contributed by atoms with Gasteiger partial charge < -0.3 is 9.15 Å². The third-order valence-corrected chi connectivity index (χ3v) is 4.84. The Morgan fingerprint density at radius 2 is 2.16 bits per heavy atom. The lowest BCUT2D eigenvalue weighted by Crippen LogP contribution is -2.21. The van der Waals surface area contributed by atoms with Crippen molar-refractivity contribution in [2.75, 3.05) is 6.61 Å². The predicted molar refractivity (Wildman–Crippen MR) is 92.1 cm³/mol. The largest absolute Gasteiger partial charge is 0.462 e. The maximum absolute atomic E-state index is 12.8. The summed E-state index contributed by atoms with van der Waals surface area (Å²) in [6, 6.07) is 0. The average Bonchev–Trinajstić information content (AvgIpc) is 3.16. The van der Waals surface area contributed by atoms with Crippen molar-refractivity contribution in [3.05, 3.63) is 38.9 Å². The number of carbonyl (C=O) groups is 1. The van der Waals surface area contributed by atoms with E-state index in [1.54, 1.807) is 13.8 Å². The van der Waals surface area contributed by atoms with Gasteiger partial charge in [-0.2, -0.15) is 0 Å². The lowest BCUT2D eigenvalue weighted by Gasteiger charge is -2.02. The highest BCUT2D eigenvalue weighted by Gasteiger charge is 2.21. The second-order valence-electron chi connectivity index (χ2n) is 5.82. The molecule has 0 fully saturated rings. The quantitative estimate of drug-likeness (QED) is 0.643. The van der Waals surface area contributed by atoms with E-state index in [0.29, 0.717) is 32.4 Å². The van der Waals surface area contributed by atoms with Crippen LogP contribution >= 0.6 is 11.3 Å². The minimum absolute atomic E-state index is 0.116. The van der Waals surface area contributed by atoms with E-state index in [2.05, 4.69) is 15.2 Å². The van der Waals surface area contributed by atoms with Crippen LogP contribution in [0.5, 0.6) is 0 Å². The van der Waals surface area contributed by atoms with E-state index in [1.165, 1.54) is 10.9 Å². The summed E-state index contributed by atoms with van der Waals surface area (Å²) < 4.78 is 12.0. The number of hydrogen-bond acceptors (Lipinski definition) is 8. The summed E-state index contributed by atoms with van der Waals surface area (Å²) in [5.74, 6) is 0.538. The molecule has 0 atom stereocenters. The number of aromatic nitrogens is 4. The van der Waals surface area contributed by atoms with Gasteiger partial charge in [-0.25, -0.2) is 9.78 Å². The van der Waals surface area contributed by atoms with Gasteiger partial charge in [0.15, 0.2) is 0 Å². The molecule has 0 aromatic carbocycles. The Bertz CT molecular complexity index is 986. The van der Waals surface area contributed by atoms with E-state index in [0.717, 1.165) is 11.3 Å². The molecule has 0 aliphatic carbocycles. The number of thiophene rings is 1. The van der Waals surface area contributed by atoms with E-state index in [9.17, 15) is 9.59 Å². The van der Waals surface area contributed by atoms with Crippen molar-refractivity contribution in [3.8, 4) is 0 Å². The second-order valence-corrected chi connectivity index (χ2v) is 6.82. The van der Waals surface area contributed by atoms with E-state index in [4.69, 9.17) is 9.15 Å². The van der Waals surface area contributed by atoms with Crippen LogP contribution in [0.3, 0.4) is 0 Å². The molecule has 0 amide bonds. The Balaban J connectivity index is 2.00. The van der Waals surface area contributed by atoms with E-state index < -0.39 is 5.97 Å². The van der Waals surface area contributed by atoms with Gasteiger partial charge in [0.1, 0.15) is 16.3 Å². The molecule has 0 saturated carbocycles. The standard InChI is InChI=1S/C16H18N4O4S/c1-5-23-16(22)12-9(4)11-14(25-12)17-7-20(15(11)21)6-10-18-19-13(24-10)8(2)3/h7-8H,5-6H2,1-4H3. The maximum Gasteiger partial charge on any atom is 0.348 e. The molecule has 132 valence electrons. The zero-order valence-corrected chi connectivity index (χ0v) is 15.2. The predicted octanol–water partition coefficient (Wildman–Crippen LogP) is 2.50. The van der Waals surface area contributed by atoms with E-state index in [1.807, 2.05) is 13.8 Å². The fourth-order valence-electron chi connectivity index (χ4n) is 2.37. The molecule has 0 unspecified atom stereocenters. The number of hydrogen-bond donors (Lipinski definition) is 0. The van der Waals surface area contributed by atoms with Gasteiger partial charge in [-0.1, -0.05) is 13.8 Å². The molecule has 3 rings (SSSR count). The molecule has 0 saturated heterocycles. The fourth-order valence-corrected chi connectivity index (χ4v) is 3.41. The van der Waals surface area contributed by atoms with Crippen LogP contribution in [0.2, 0.25) is 0 Å². The summed E-state index contributed by atoms with van der Waals surface area (Å²) in [6.45, 7) is 7.76. The normalized spacial score (nSPS) is 11.4. The number of fused-ring (bicyclic) bond motifs is 1. The number of nitrogens with zero attached hydrogens (tertiary/aromatic N) is 4. The first-order valence-electron chi connectivity index (χ1n) is 7.90. The Morgan fingerprint density at radius 3 is 2.80 bits per heavy atom. The molecule has 3 heterocycles. The average molecular weight is 362 g/mol. The van der Waals surface area contributed by atoms with Crippen molar-refractivity contribution in [2.45, 2.75) is 40.2 Å². The van der Waals surface area contributed by atoms with Gasteiger partial charge in [0.25, 0.3) is 5.56 Å². The molecule has 0 N–H and O–H groups in total. The van der Waals surface area contributed by atoms with Crippen molar-refractivity contribution < 1.29 is 13.9 Å². The minimum atomic E-state index is -0.438. The highest BCUT2D eigenvalue weighted by molar-refractivity contribution is 7.20. The van der Waals surface area contributed by atoms with Crippen molar-refractivity contribution in [1.82, 2.24) is 19.7 Å². The molecule has 8 nitrogen and oxygen atoms in total. The summed E-state index contributed by atoms with van der Waals surface area (Å²) in [5.41, 5.74) is 0.331. The van der Waals surface area contributed by atoms with Crippen LogP contribution in [0.25, 0.3) is 10.2 Å². The first kappa shape index (κ1) is 17.3. The van der Waals surface area contributed by atoms with Crippen LogP contribution in [0.15, 0.2) is 15.5 Å². The SMILES string of the molecule is CCOC(=O)c1sc2ncn(Cc3nnc(C(C)C)o3)c(=O)c2c1C. The molecule has 0 spiro atoms. The molecular formula is C16H18N4O4S. The lowest BCUT2D eigenvalue weighted by atomic mass is 10.2. The Kier molecular flexibility index (Phi) is 4.67. The van der Waals surface area contributed by atoms with Crippen LogP contribution in [0.1, 0.15) is 53.7 Å². The Hall–Kier alpha value is -2.55. The van der Waals surface area contributed by atoms with Gasteiger partial charge in [0.05, 0.1) is 18.3 Å². The Morgan fingerprint density at radius 1 is 1.40 bits per heavy atom. The van der Waals surface area contributed by atoms with Crippen LogP contribution in [0, 0.1) is 6.92 Å². The molecule has 0 radical (unpaired) electrons. The zero-order valence-electron chi connectivity index (χ0n) is 14.4. The summed E-state index contributed by atoms with van der Waals surface area (Å²) in [7, 11) is 0. The maximum atomic E-state index is 12.8. The second kappa shape index (κ2) is 6.75. The number of ether oxygens (including phenoxy) is 1. The molecule has 3 aromatic rings. The van der Waals surface area contributed by atoms with E-state index >= 15 is 0 Å². The van der Waals surface area contributed by atoms with Crippen LogP contribution < -0.4 is 5.56 Å². The number of rotatable bonds is 5. The fraction of sp³-hybridized carbons (Fsp3) is 0.438. The monoisotopic (exact) mass is 362 g/mol. The minimum Gasteiger partial charge on any atom is -0.462 e. The van der Waals surface area contributed by atoms with Crippen molar-refractivity contribution in [1.29, 1.82) is 0 Å². The summed E-state index contributed by atoms with van der Waals surface area (Å²) in [5, 5.41) is 8.33. The highest BCUT2D eigenvalue weighted by atomic mass is 32.1. The van der Waals surface area contributed by atoms with Gasteiger partial charge in [0.2, 0.25) is 11.8 Å². The van der Waals surface area contributed by atoms with Gasteiger partial charge in [-0.3, -0.25) is 9.36 Å². The Labute approximate surface area is 147 Å². The third kappa shape index (κ3) is 3.19. The van der Waals surface area contributed by atoms with Crippen molar-refractivity contribution in [2.24, 2.45) is 0 Å². The molecule has 9 heteroatoms. The smallest absolute Gasteiger partial charge is 0.348 e. The molecule has 0 bridgehead atoms. The first-order chi connectivity index (χ1) is 11.9. The lowest BCUT2D eigenvalue weighted by molar-refractivity contribution is 0.0531. The van der Waals surface area contributed by atoms with Crippen molar-refractivity contribution >= 4 is 27.5 Å². The topological polar surface area (TPSA) is 100 Å². The number of carbonyl (C=O) groups excluding carboxylic acids is 1.